The average Bonchev–Trinajstić information content (AvgIpc) is 3.56. The minimum Gasteiger partial charge on any atom is -0.507 e. The van der Waals surface area contributed by atoms with Gasteiger partial charge in [-0.05, 0) is 36.4 Å². The highest BCUT2D eigenvalue weighted by Gasteiger charge is 2.29. The first kappa shape index (κ1) is 27.6. The van der Waals surface area contributed by atoms with Gasteiger partial charge in [0.25, 0.3) is 11.5 Å². The minimum absolute atomic E-state index is 0.0419. The SMILES string of the molecule is COc1c(-c2c(O)ccn(Cc3cncnc3)c2=O)nn(C(=O)c2cccc(C(N)=O)c2)c1NCc1ccc(Cl)s1. The van der Waals surface area contributed by atoms with Crippen LogP contribution in [0.4, 0.5) is 5.82 Å². The predicted octanol–water partition coefficient (Wildman–Crippen LogP) is 3.38. The summed E-state index contributed by atoms with van der Waals surface area (Å²) in [5.41, 5.74) is 5.47. The highest BCUT2D eigenvalue weighted by atomic mass is 35.5. The van der Waals surface area contributed by atoms with Gasteiger partial charge in [-0.1, -0.05) is 17.7 Å². The Bertz CT molecular complexity index is 1820. The number of carbonyl (C=O) groups excluding carboxylic acids is 2. The topological polar surface area (TPSA) is 167 Å². The lowest BCUT2D eigenvalue weighted by Gasteiger charge is -2.11. The van der Waals surface area contributed by atoms with Crippen LogP contribution in [0.3, 0.4) is 0 Å². The molecule has 0 radical (unpaired) electrons. The highest BCUT2D eigenvalue weighted by molar-refractivity contribution is 7.16. The molecule has 0 saturated carbocycles. The summed E-state index contributed by atoms with van der Waals surface area (Å²) < 4.78 is 8.60. The lowest BCUT2D eigenvalue weighted by Crippen LogP contribution is -2.22. The van der Waals surface area contributed by atoms with Crippen LogP contribution >= 0.6 is 22.9 Å². The Balaban J connectivity index is 1.65. The molecular formula is C27H22ClN7O5S. The van der Waals surface area contributed by atoms with Gasteiger partial charge in [-0.2, -0.15) is 9.78 Å². The van der Waals surface area contributed by atoms with Crippen LogP contribution in [0.25, 0.3) is 11.3 Å². The van der Waals surface area contributed by atoms with E-state index in [1.54, 1.807) is 18.5 Å². The Morgan fingerprint density at radius 3 is 2.59 bits per heavy atom. The second-order valence-corrected chi connectivity index (χ2v) is 10.5. The summed E-state index contributed by atoms with van der Waals surface area (Å²) >= 11 is 7.42. The van der Waals surface area contributed by atoms with Gasteiger partial charge in [-0.3, -0.25) is 14.4 Å². The number of primary amides is 1. The number of aromatic hydroxyl groups is 1. The van der Waals surface area contributed by atoms with Crippen molar-refractivity contribution >= 4 is 40.6 Å². The number of hydrogen-bond donors (Lipinski definition) is 3. The molecule has 5 aromatic rings. The van der Waals surface area contributed by atoms with Crippen LogP contribution in [0.2, 0.25) is 4.34 Å². The maximum atomic E-state index is 13.7. The number of carbonyl (C=O) groups is 2. The normalized spacial score (nSPS) is 10.9. The van der Waals surface area contributed by atoms with E-state index in [2.05, 4.69) is 20.4 Å². The molecule has 208 valence electrons. The summed E-state index contributed by atoms with van der Waals surface area (Å²) in [5.74, 6) is -1.54. The van der Waals surface area contributed by atoms with Gasteiger partial charge in [-0.25, -0.2) is 9.97 Å². The number of hydrogen-bond acceptors (Lipinski definition) is 10. The van der Waals surface area contributed by atoms with Crippen LogP contribution in [0.15, 0.2) is 72.2 Å². The Morgan fingerprint density at radius 2 is 1.90 bits per heavy atom. The van der Waals surface area contributed by atoms with E-state index in [-0.39, 0.29) is 52.8 Å². The molecule has 0 fully saturated rings. The van der Waals surface area contributed by atoms with Crippen LogP contribution in [0.5, 0.6) is 11.5 Å². The van der Waals surface area contributed by atoms with Crippen LogP contribution in [0.1, 0.15) is 31.2 Å². The molecule has 0 bridgehead atoms. The molecule has 1 aromatic carbocycles. The van der Waals surface area contributed by atoms with E-state index >= 15 is 0 Å². The first-order valence-corrected chi connectivity index (χ1v) is 13.2. The largest absolute Gasteiger partial charge is 0.507 e. The molecule has 5 rings (SSSR count). The minimum atomic E-state index is -0.704. The highest BCUT2D eigenvalue weighted by Crippen LogP contribution is 2.39. The molecule has 1 amide bonds. The van der Waals surface area contributed by atoms with Gasteiger partial charge in [-0.15, -0.1) is 11.3 Å². The molecule has 14 heteroatoms. The number of benzene rings is 1. The number of methoxy groups -OCH3 is 1. The molecule has 12 nitrogen and oxygen atoms in total. The van der Waals surface area contributed by atoms with Crippen LogP contribution in [-0.2, 0) is 13.1 Å². The monoisotopic (exact) mass is 591 g/mol. The first-order chi connectivity index (χ1) is 19.8. The van der Waals surface area contributed by atoms with Crippen molar-refractivity contribution < 1.29 is 19.4 Å². The van der Waals surface area contributed by atoms with Gasteiger partial charge < -0.3 is 25.5 Å². The molecule has 4 heterocycles. The lowest BCUT2D eigenvalue weighted by molar-refractivity contribution is 0.0947. The maximum Gasteiger partial charge on any atom is 0.280 e. The number of nitrogens with two attached hydrogens (primary N) is 1. The second-order valence-electron chi connectivity index (χ2n) is 8.71. The number of halogens is 1. The van der Waals surface area contributed by atoms with Crippen molar-refractivity contribution in [3.05, 3.63) is 104 Å². The van der Waals surface area contributed by atoms with Crippen molar-refractivity contribution in [2.75, 3.05) is 12.4 Å². The number of thiophene rings is 1. The fourth-order valence-electron chi connectivity index (χ4n) is 4.13. The Kier molecular flexibility index (Phi) is 7.81. The van der Waals surface area contributed by atoms with Gasteiger partial charge in [0.1, 0.15) is 23.3 Å². The van der Waals surface area contributed by atoms with Crippen molar-refractivity contribution in [2.24, 2.45) is 5.73 Å². The van der Waals surface area contributed by atoms with Crippen LogP contribution in [-0.4, -0.2) is 48.3 Å². The summed E-state index contributed by atoms with van der Waals surface area (Å²) in [6.07, 6.45) is 5.94. The molecule has 0 spiro atoms. The molecule has 0 unspecified atom stereocenters. The number of aromatic nitrogens is 5. The van der Waals surface area contributed by atoms with Gasteiger partial charge >= 0.3 is 0 Å². The summed E-state index contributed by atoms with van der Waals surface area (Å²) in [5, 5.41) is 18.4. The molecule has 4 N–H and O–H groups in total. The molecule has 0 aliphatic heterocycles. The summed E-state index contributed by atoms with van der Waals surface area (Å²) in [6, 6.07) is 10.8. The van der Waals surface area contributed by atoms with Crippen molar-refractivity contribution in [3.63, 3.8) is 0 Å². The average molecular weight is 592 g/mol. The van der Waals surface area contributed by atoms with Gasteiger partial charge in [0.15, 0.2) is 11.6 Å². The smallest absolute Gasteiger partial charge is 0.280 e. The quantitative estimate of drug-likeness (QED) is 0.233. The maximum absolute atomic E-state index is 13.7. The van der Waals surface area contributed by atoms with E-state index < -0.39 is 17.4 Å². The fourth-order valence-corrected chi connectivity index (χ4v) is 5.16. The third-order valence-corrected chi connectivity index (χ3v) is 7.27. The third kappa shape index (κ3) is 5.66. The molecule has 41 heavy (non-hydrogen) atoms. The van der Waals surface area contributed by atoms with E-state index in [0.717, 1.165) is 9.56 Å². The molecule has 0 saturated heterocycles. The fraction of sp³-hybridized carbons (Fsp3) is 0.111. The number of ether oxygens (including phenoxy) is 1. The number of amides is 1. The van der Waals surface area contributed by atoms with E-state index in [1.165, 1.54) is 65.9 Å². The molecule has 0 aliphatic rings. The van der Waals surface area contributed by atoms with Gasteiger partial charge in [0.05, 0.1) is 24.5 Å². The summed E-state index contributed by atoms with van der Waals surface area (Å²) in [4.78, 5) is 47.9. The van der Waals surface area contributed by atoms with Crippen LogP contribution in [0, 0.1) is 0 Å². The third-order valence-electron chi connectivity index (χ3n) is 6.04. The molecule has 4 aromatic heterocycles. The molecular weight excluding hydrogens is 570 g/mol. The number of nitrogens with zero attached hydrogens (tertiary/aromatic N) is 5. The van der Waals surface area contributed by atoms with Crippen molar-refractivity contribution in [2.45, 2.75) is 13.1 Å². The second kappa shape index (κ2) is 11.6. The Morgan fingerprint density at radius 1 is 1.15 bits per heavy atom. The first-order valence-electron chi connectivity index (χ1n) is 12.0. The van der Waals surface area contributed by atoms with Crippen LogP contribution < -0.4 is 21.3 Å². The standard InChI is InChI=1S/C27H22ClN7O5S/c1-40-23-22(21-19(36)7-8-34(27(21)39)13-15-10-30-14-31-11-15)33-35(25(23)32-12-18-5-6-20(28)41-18)26(38)17-4-2-3-16(9-17)24(29)37/h2-11,14,32,36H,12-13H2,1H3,(H2,29,37). The zero-order valence-electron chi connectivity index (χ0n) is 21.4. The van der Waals surface area contributed by atoms with E-state index in [9.17, 15) is 19.5 Å². The Labute approximate surface area is 241 Å². The van der Waals surface area contributed by atoms with Crippen molar-refractivity contribution in [1.82, 2.24) is 24.3 Å². The van der Waals surface area contributed by atoms with Crippen molar-refractivity contribution in [3.8, 4) is 22.8 Å². The Hall–Kier alpha value is -5.01. The number of nitrogens with one attached hydrogen (secondary N) is 1. The van der Waals surface area contributed by atoms with E-state index in [1.807, 2.05) is 6.07 Å². The summed E-state index contributed by atoms with van der Waals surface area (Å²) in [7, 11) is 1.36. The summed E-state index contributed by atoms with van der Waals surface area (Å²) in [6.45, 7) is 0.367. The van der Waals surface area contributed by atoms with Crippen molar-refractivity contribution in [1.29, 1.82) is 0 Å². The lowest BCUT2D eigenvalue weighted by atomic mass is 10.1. The zero-order chi connectivity index (χ0) is 29.1. The predicted molar refractivity (Wildman–Crippen MR) is 153 cm³/mol. The van der Waals surface area contributed by atoms with E-state index in [4.69, 9.17) is 22.1 Å². The molecule has 0 aliphatic carbocycles. The number of anilines is 1. The van der Waals surface area contributed by atoms with Gasteiger partial charge in [0, 0.05) is 40.2 Å². The number of pyridine rings is 1. The zero-order valence-corrected chi connectivity index (χ0v) is 23.0. The van der Waals surface area contributed by atoms with Gasteiger partial charge in [0.2, 0.25) is 5.91 Å². The number of rotatable bonds is 9. The molecule has 0 atom stereocenters. The van der Waals surface area contributed by atoms with E-state index in [0.29, 0.717) is 9.90 Å².